The van der Waals surface area contributed by atoms with Gasteiger partial charge in [0.2, 0.25) is 0 Å². The summed E-state index contributed by atoms with van der Waals surface area (Å²) in [5, 5.41) is 11.9. The van der Waals surface area contributed by atoms with Crippen molar-refractivity contribution in [2.24, 2.45) is 0 Å². The van der Waals surface area contributed by atoms with Gasteiger partial charge < -0.3 is 5.32 Å². The molecule has 5 heteroatoms. The molecular formula is C11H7BrN4. The normalized spacial score (nSPS) is 9.50. The SMILES string of the molecule is N#Cc1nccnc1Nc1cccc(Br)c1. The van der Waals surface area contributed by atoms with Crippen LogP contribution in [0.15, 0.2) is 41.1 Å². The molecule has 0 fully saturated rings. The van der Waals surface area contributed by atoms with Gasteiger partial charge in [-0.2, -0.15) is 5.26 Å². The van der Waals surface area contributed by atoms with Gasteiger partial charge in [0.1, 0.15) is 6.07 Å². The average Bonchev–Trinajstić information content (AvgIpc) is 2.30. The Morgan fingerprint density at radius 1 is 1.25 bits per heavy atom. The van der Waals surface area contributed by atoms with Gasteiger partial charge in [0, 0.05) is 22.6 Å². The van der Waals surface area contributed by atoms with Crippen molar-refractivity contribution >= 4 is 27.4 Å². The number of nitrogens with zero attached hydrogens (tertiary/aromatic N) is 3. The number of benzene rings is 1. The van der Waals surface area contributed by atoms with Crippen LogP contribution in [0.5, 0.6) is 0 Å². The molecule has 0 aliphatic heterocycles. The van der Waals surface area contributed by atoms with Crippen LogP contribution in [-0.2, 0) is 0 Å². The van der Waals surface area contributed by atoms with Crippen LogP contribution >= 0.6 is 15.9 Å². The van der Waals surface area contributed by atoms with Gasteiger partial charge in [0.05, 0.1) is 0 Å². The van der Waals surface area contributed by atoms with E-state index in [0.717, 1.165) is 10.2 Å². The van der Waals surface area contributed by atoms with Gasteiger partial charge in [-0.3, -0.25) is 0 Å². The highest BCUT2D eigenvalue weighted by Gasteiger charge is 2.03. The summed E-state index contributed by atoms with van der Waals surface area (Å²) in [4.78, 5) is 7.98. The van der Waals surface area contributed by atoms with Crippen LogP contribution in [0.4, 0.5) is 11.5 Å². The molecule has 0 spiro atoms. The van der Waals surface area contributed by atoms with Gasteiger partial charge in [0.25, 0.3) is 0 Å². The Balaban J connectivity index is 2.31. The molecule has 0 atom stereocenters. The van der Waals surface area contributed by atoms with Crippen molar-refractivity contribution in [2.45, 2.75) is 0 Å². The predicted octanol–water partition coefficient (Wildman–Crippen LogP) is 2.85. The lowest BCUT2D eigenvalue weighted by molar-refractivity contribution is 1.16. The molecule has 2 rings (SSSR count). The first-order valence-corrected chi connectivity index (χ1v) is 5.32. The third-order valence-corrected chi connectivity index (χ3v) is 2.38. The van der Waals surface area contributed by atoms with E-state index in [4.69, 9.17) is 5.26 Å². The maximum atomic E-state index is 8.85. The molecule has 0 unspecified atom stereocenters. The molecule has 0 aliphatic carbocycles. The monoisotopic (exact) mass is 274 g/mol. The molecule has 78 valence electrons. The van der Waals surface area contributed by atoms with Crippen LogP contribution in [0.25, 0.3) is 0 Å². The third-order valence-electron chi connectivity index (χ3n) is 1.89. The summed E-state index contributed by atoms with van der Waals surface area (Å²) in [6.07, 6.45) is 3.03. The Kier molecular flexibility index (Phi) is 3.13. The van der Waals surface area contributed by atoms with Crippen LogP contribution in [0.2, 0.25) is 0 Å². The smallest absolute Gasteiger partial charge is 0.183 e. The lowest BCUT2D eigenvalue weighted by Gasteiger charge is -2.05. The first-order chi connectivity index (χ1) is 7.79. The highest BCUT2D eigenvalue weighted by Crippen LogP contribution is 2.20. The average molecular weight is 275 g/mol. The van der Waals surface area contributed by atoms with E-state index < -0.39 is 0 Å². The molecular weight excluding hydrogens is 268 g/mol. The highest BCUT2D eigenvalue weighted by molar-refractivity contribution is 9.10. The minimum absolute atomic E-state index is 0.280. The first-order valence-electron chi connectivity index (χ1n) is 4.53. The van der Waals surface area contributed by atoms with Crippen LogP contribution in [0, 0.1) is 11.3 Å². The fourth-order valence-corrected chi connectivity index (χ4v) is 1.61. The Morgan fingerprint density at radius 2 is 2.06 bits per heavy atom. The van der Waals surface area contributed by atoms with Crippen LogP contribution < -0.4 is 5.32 Å². The van der Waals surface area contributed by atoms with Crippen molar-refractivity contribution in [1.82, 2.24) is 9.97 Å². The fourth-order valence-electron chi connectivity index (χ4n) is 1.21. The van der Waals surface area contributed by atoms with E-state index in [9.17, 15) is 0 Å². The minimum Gasteiger partial charge on any atom is -0.338 e. The highest BCUT2D eigenvalue weighted by atomic mass is 79.9. The van der Waals surface area contributed by atoms with Crippen LogP contribution in [0.1, 0.15) is 5.69 Å². The van der Waals surface area contributed by atoms with Crippen molar-refractivity contribution < 1.29 is 0 Å². The molecule has 0 amide bonds. The van der Waals surface area contributed by atoms with E-state index in [2.05, 4.69) is 31.2 Å². The molecule has 2 aromatic rings. The second-order valence-corrected chi connectivity index (χ2v) is 3.92. The van der Waals surface area contributed by atoms with Gasteiger partial charge in [-0.25, -0.2) is 9.97 Å². The van der Waals surface area contributed by atoms with E-state index in [-0.39, 0.29) is 5.69 Å². The molecule has 4 nitrogen and oxygen atoms in total. The predicted molar refractivity (Wildman–Crippen MR) is 64.2 cm³/mol. The summed E-state index contributed by atoms with van der Waals surface area (Å²) in [7, 11) is 0. The van der Waals surface area contributed by atoms with Crippen molar-refractivity contribution in [1.29, 1.82) is 5.26 Å². The lowest BCUT2D eigenvalue weighted by atomic mass is 10.3. The van der Waals surface area contributed by atoms with Crippen molar-refractivity contribution in [2.75, 3.05) is 5.32 Å². The fraction of sp³-hybridized carbons (Fsp3) is 0. The Morgan fingerprint density at radius 3 is 2.81 bits per heavy atom. The lowest BCUT2D eigenvalue weighted by Crippen LogP contribution is -1.98. The van der Waals surface area contributed by atoms with E-state index in [0.29, 0.717) is 5.82 Å². The molecule has 0 bridgehead atoms. The Labute approximate surface area is 101 Å². The molecule has 16 heavy (non-hydrogen) atoms. The van der Waals surface area contributed by atoms with E-state index in [1.54, 1.807) is 6.20 Å². The molecule has 0 aliphatic rings. The Bertz CT molecular complexity index is 548. The zero-order valence-electron chi connectivity index (χ0n) is 8.18. The van der Waals surface area contributed by atoms with Crippen molar-refractivity contribution in [3.05, 3.63) is 46.8 Å². The molecule has 0 saturated heterocycles. The van der Waals surface area contributed by atoms with Gasteiger partial charge in [0.15, 0.2) is 11.5 Å². The summed E-state index contributed by atoms with van der Waals surface area (Å²) in [6.45, 7) is 0. The summed E-state index contributed by atoms with van der Waals surface area (Å²) in [6, 6.07) is 9.59. The number of hydrogen-bond donors (Lipinski definition) is 1. The first kappa shape index (κ1) is 10.6. The zero-order chi connectivity index (χ0) is 11.4. The van der Waals surface area contributed by atoms with E-state index in [1.807, 2.05) is 30.3 Å². The second-order valence-electron chi connectivity index (χ2n) is 3.00. The zero-order valence-corrected chi connectivity index (χ0v) is 9.77. The number of halogens is 1. The number of hydrogen-bond acceptors (Lipinski definition) is 4. The molecule has 1 heterocycles. The number of nitrogens with one attached hydrogen (secondary N) is 1. The topological polar surface area (TPSA) is 61.6 Å². The van der Waals surface area contributed by atoms with Crippen LogP contribution in [-0.4, -0.2) is 9.97 Å². The van der Waals surface area contributed by atoms with Crippen molar-refractivity contribution in [3.63, 3.8) is 0 Å². The number of anilines is 2. The van der Waals surface area contributed by atoms with E-state index in [1.165, 1.54) is 6.20 Å². The largest absolute Gasteiger partial charge is 0.338 e. The number of rotatable bonds is 2. The third kappa shape index (κ3) is 2.35. The maximum absolute atomic E-state index is 8.85. The van der Waals surface area contributed by atoms with Crippen molar-refractivity contribution in [3.8, 4) is 6.07 Å². The molecule has 1 aromatic carbocycles. The van der Waals surface area contributed by atoms with E-state index >= 15 is 0 Å². The van der Waals surface area contributed by atoms with Gasteiger partial charge in [-0.05, 0) is 18.2 Å². The number of nitriles is 1. The summed E-state index contributed by atoms with van der Waals surface area (Å²) >= 11 is 3.37. The van der Waals surface area contributed by atoms with Gasteiger partial charge >= 0.3 is 0 Å². The standard InChI is InChI=1S/C11H7BrN4/c12-8-2-1-3-9(6-8)16-11-10(7-13)14-4-5-15-11/h1-6H,(H,15,16). The van der Waals surface area contributed by atoms with Crippen LogP contribution in [0.3, 0.4) is 0 Å². The van der Waals surface area contributed by atoms with Gasteiger partial charge in [-0.15, -0.1) is 0 Å². The minimum atomic E-state index is 0.280. The number of aromatic nitrogens is 2. The summed E-state index contributed by atoms with van der Waals surface area (Å²) < 4.78 is 0.958. The molecule has 0 saturated carbocycles. The Hall–Kier alpha value is -1.93. The molecule has 0 radical (unpaired) electrons. The molecule has 1 N–H and O–H groups in total. The molecule has 1 aromatic heterocycles. The van der Waals surface area contributed by atoms with Gasteiger partial charge in [-0.1, -0.05) is 22.0 Å². The summed E-state index contributed by atoms with van der Waals surface area (Å²) in [5.74, 6) is 0.461. The second kappa shape index (κ2) is 4.73. The quantitative estimate of drug-likeness (QED) is 0.915. The summed E-state index contributed by atoms with van der Waals surface area (Å²) in [5.41, 5.74) is 1.13. The maximum Gasteiger partial charge on any atom is 0.183 e.